The lowest BCUT2D eigenvalue weighted by atomic mass is 10.0. The van der Waals surface area contributed by atoms with E-state index in [0.29, 0.717) is 34.2 Å². The van der Waals surface area contributed by atoms with Gasteiger partial charge in [0.2, 0.25) is 15.9 Å². The van der Waals surface area contributed by atoms with Gasteiger partial charge in [0.1, 0.15) is 6.54 Å². The van der Waals surface area contributed by atoms with E-state index in [1.165, 1.54) is 0 Å². The first-order chi connectivity index (χ1) is 14.1. The Balaban J connectivity index is 2.27. The summed E-state index contributed by atoms with van der Waals surface area (Å²) in [6.45, 7) is 3.28. The fourth-order valence-corrected chi connectivity index (χ4v) is 4.18. The number of nitrogens with one attached hydrogen (secondary N) is 1. The number of nitrogens with zero attached hydrogens (tertiary/aromatic N) is 1. The summed E-state index contributed by atoms with van der Waals surface area (Å²) in [5.41, 5.74) is 1.79. The Bertz CT molecular complexity index is 1010. The predicted octanol–water partition coefficient (Wildman–Crippen LogP) is 3.70. The Morgan fingerprint density at radius 2 is 1.83 bits per heavy atom. The van der Waals surface area contributed by atoms with Crippen molar-refractivity contribution in [2.24, 2.45) is 0 Å². The fourth-order valence-electron chi connectivity index (χ4n) is 3.11. The number of halogens is 1. The summed E-state index contributed by atoms with van der Waals surface area (Å²) >= 11 is 6.14. The smallest absolute Gasteiger partial charge is 0.241 e. The number of amides is 1. The highest BCUT2D eigenvalue weighted by atomic mass is 35.5. The van der Waals surface area contributed by atoms with Crippen LogP contribution in [0.3, 0.4) is 0 Å². The van der Waals surface area contributed by atoms with Gasteiger partial charge in [-0.25, -0.2) is 8.42 Å². The number of carbonyl (C=O) groups is 1. The van der Waals surface area contributed by atoms with Crippen molar-refractivity contribution in [1.29, 1.82) is 0 Å². The summed E-state index contributed by atoms with van der Waals surface area (Å²) in [5.74, 6) is 0.707. The maximum absolute atomic E-state index is 12.8. The number of benzene rings is 2. The molecule has 7 nitrogen and oxygen atoms in total. The van der Waals surface area contributed by atoms with Crippen LogP contribution in [0, 0.1) is 6.92 Å². The van der Waals surface area contributed by atoms with Crippen LogP contribution in [-0.4, -0.2) is 41.3 Å². The zero-order chi connectivity index (χ0) is 22.5. The van der Waals surface area contributed by atoms with Crippen LogP contribution >= 0.6 is 11.6 Å². The first-order valence-electron chi connectivity index (χ1n) is 9.36. The van der Waals surface area contributed by atoms with Gasteiger partial charge in [-0.3, -0.25) is 9.10 Å². The molecule has 0 heterocycles. The molecule has 1 N–H and O–H groups in total. The molecular weight excluding hydrogens is 428 g/mol. The van der Waals surface area contributed by atoms with E-state index < -0.39 is 15.9 Å². The van der Waals surface area contributed by atoms with Crippen LogP contribution in [0.25, 0.3) is 0 Å². The quantitative estimate of drug-likeness (QED) is 0.624. The summed E-state index contributed by atoms with van der Waals surface area (Å²) in [6, 6.07) is 10.0. The standard InChI is InChI=1S/C21H27ClN2O5S/c1-6-17(15-10-11-19(28-3)20(12-15)29-4)23-21(25)13-24(30(5,26)27)18-9-7-8-16(22)14(18)2/h7-12,17H,6,13H2,1-5H3,(H,23,25). The molecule has 0 spiro atoms. The van der Waals surface area contributed by atoms with E-state index in [1.54, 1.807) is 51.5 Å². The molecule has 0 bridgehead atoms. The van der Waals surface area contributed by atoms with Crippen LogP contribution in [0.5, 0.6) is 11.5 Å². The molecule has 0 saturated heterocycles. The average Bonchev–Trinajstić information content (AvgIpc) is 2.71. The molecule has 0 fully saturated rings. The Kier molecular flexibility index (Phi) is 7.97. The second kappa shape index (κ2) is 10.0. The lowest BCUT2D eigenvalue weighted by Crippen LogP contribution is -2.41. The van der Waals surface area contributed by atoms with Crippen molar-refractivity contribution >= 4 is 33.2 Å². The maximum atomic E-state index is 12.8. The molecule has 1 atom stereocenters. The minimum absolute atomic E-state index is 0.320. The van der Waals surface area contributed by atoms with Gasteiger partial charge in [-0.15, -0.1) is 0 Å². The molecule has 0 aromatic heterocycles. The highest BCUT2D eigenvalue weighted by molar-refractivity contribution is 7.92. The second-order valence-electron chi connectivity index (χ2n) is 6.80. The molecule has 2 rings (SSSR count). The zero-order valence-electron chi connectivity index (χ0n) is 17.7. The van der Waals surface area contributed by atoms with E-state index in [-0.39, 0.29) is 12.6 Å². The van der Waals surface area contributed by atoms with Crippen LogP contribution in [0.2, 0.25) is 5.02 Å². The van der Waals surface area contributed by atoms with Gasteiger partial charge in [0.25, 0.3) is 0 Å². The fraction of sp³-hybridized carbons (Fsp3) is 0.381. The van der Waals surface area contributed by atoms with Crippen molar-refractivity contribution in [2.75, 3.05) is 31.3 Å². The summed E-state index contributed by atoms with van der Waals surface area (Å²) in [4.78, 5) is 12.8. The van der Waals surface area contributed by atoms with Crippen molar-refractivity contribution in [3.8, 4) is 11.5 Å². The van der Waals surface area contributed by atoms with Crippen molar-refractivity contribution in [3.05, 3.63) is 52.5 Å². The molecule has 0 radical (unpaired) electrons. The van der Waals surface area contributed by atoms with E-state index in [1.807, 2.05) is 13.0 Å². The number of rotatable bonds is 9. The monoisotopic (exact) mass is 454 g/mol. The molecule has 2 aromatic carbocycles. The van der Waals surface area contributed by atoms with E-state index in [0.717, 1.165) is 16.1 Å². The third-order valence-electron chi connectivity index (χ3n) is 4.75. The van der Waals surface area contributed by atoms with Gasteiger partial charge in [0.15, 0.2) is 11.5 Å². The molecule has 9 heteroatoms. The molecule has 0 aliphatic rings. The van der Waals surface area contributed by atoms with Crippen molar-refractivity contribution in [1.82, 2.24) is 5.32 Å². The number of carbonyl (C=O) groups excluding carboxylic acids is 1. The van der Waals surface area contributed by atoms with E-state index in [9.17, 15) is 13.2 Å². The third kappa shape index (κ3) is 5.58. The van der Waals surface area contributed by atoms with Gasteiger partial charge < -0.3 is 14.8 Å². The minimum Gasteiger partial charge on any atom is -0.493 e. The number of hydrogen-bond donors (Lipinski definition) is 1. The highest BCUT2D eigenvalue weighted by Crippen LogP contribution is 2.31. The SMILES string of the molecule is CCC(NC(=O)CN(c1cccc(Cl)c1C)S(C)(=O)=O)c1ccc(OC)c(OC)c1. The van der Waals surface area contributed by atoms with Gasteiger partial charge in [-0.2, -0.15) is 0 Å². The van der Waals surface area contributed by atoms with Crippen LogP contribution in [0.1, 0.15) is 30.5 Å². The van der Waals surface area contributed by atoms with Gasteiger partial charge in [-0.05, 0) is 48.7 Å². The summed E-state index contributed by atoms with van der Waals surface area (Å²) < 4.78 is 36.4. The number of methoxy groups -OCH3 is 2. The number of sulfonamides is 1. The third-order valence-corrected chi connectivity index (χ3v) is 6.28. The number of anilines is 1. The van der Waals surface area contributed by atoms with Crippen LogP contribution in [0.15, 0.2) is 36.4 Å². The largest absolute Gasteiger partial charge is 0.493 e. The summed E-state index contributed by atoms with van der Waals surface area (Å²) in [5, 5.41) is 3.33. The first kappa shape index (κ1) is 23.8. The van der Waals surface area contributed by atoms with Gasteiger partial charge in [-0.1, -0.05) is 30.7 Å². The second-order valence-corrected chi connectivity index (χ2v) is 9.11. The molecule has 1 unspecified atom stereocenters. The number of hydrogen-bond acceptors (Lipinski definition) is 5. The lowest BCUT2D eigenvalue weighted by molar-refractivity contribution is -0.120. The van der Waals surface area contributed by atoms with Crippen molar-refractivity contribution in [2.45, 2.75) is 26.3 Å². The van der Waals surface area contributed by atoms with Crippen molar-refractivity contribution < 1.29 is 22.7 Å². The zero-order valence-corrected chi connectivity index (χ0v) is 19.3. The van der Waals surface area contributed by atoms with Gasteiger partial charge in [0, 0.05) is 5.02 Å². The Morgan fingerprint density at radius 1 is 1.17 bits per heavy atom. The Labute approximate surface area is 183 Å². The molecule has 2 aromatic rings. The van der Waals surface area contributed by atoms with Crippen LogP contribution in [0.4, 0.5) is 5.69 Å². The van der Waals surface area contributed by atoms with Crippen LogP contribution < -0.4 is 19.1 Å². The maximum Gasteiger partial charge on any atom is 0.241 e. The first-order valence-corrected chi connectivity index (χ1v) is 11.6. The topological polar surface area (TPSA) is 84.9 Å². The number of ether oxygens (including phenoxy) is 2. The normalized spacial score (nSPS) is 12.2. The lowest BCUT2D eigenvalue weighted by Gasteiger charge is -2.26. The Morgan fingerprint density at radius 3 is 2.40 bits per heavy atom. The Hall–Kier alpha value is -2.45. The van der Waals surface area contributed by atoms with Crippen LogP contribution in [-0.2, 0) is 14.8 Å². The molecular formula is C21H27ClN2O5S. The summed E-state index contributed by atoms with van der Waals surface area (Å²) in [6.07, 6.45) is 1.67. The molecule has 0 aliphatic heterocycles. The molecule has 0 aliphatic carbocycles. The molecule has 164 valence electrons. The predicted molar refractivity (Wildman–Crippen MR) is 119 cm³/mol. The average molecular weight is 455 g/mol. The summed E-state index contributed by atoms with van der Waals surface area (Å²) in [7, 11) is -0.612. The van der Waals surface area contributed by atoms with Gasteiger partial charge in [0.05, 0.1) is 32.2 Å². The van der Waals surface area contributed by atoms with Crippen molar-refractivity contribution in [3.63, 3.8) is 0 Å². The van der Waals surface area contributed by atoms with Gasteiger partial charge >= 0.3 is 0 Å². The van der Waals surface area contributed by atoms with E-state index in [4.69, 9.17) is 21.1 Å². The molecule has 30 heavy (non-hydrogen) atoms. The van der Waals surface area contributed by atoms with E-state index in [2.05, 4.69) is 5.32 Å². The van der Waals surface area contributed by atoms with E-state index >= 15 is 0 Å². The highest BCUT2D eigenvalue weighted by Gasteiger charge is 2.24. The molecule has 0 saturated carbocycles. The molecule has 1 amide bonds. The minimum atomic E-state index is -3.70.